The Labute approximate surface area is 83.3 Å². The van der Waals surface area contributed by atoms with Gasteiger partial charge in [0.05, 0.1) is 10.7 Å². The van der Waals surface area contributed by atoms with E-state index in [9.17, 15) is 0 Å². The van der Waals surface area contributed by atoms with Crippen LogP contribution in [0.4, 0.5) is 5.69 Å². The van der Waals surface area contributed by atoms with Crippen LogP contribution < -0.4 is 10.6 Å². The maximum atomic E-state index is 6.07. The Hall–Kier alpha value is -0.730. The summed E-state index contributed by atoms with van der Waals surface area (Å²) >= 11 is 6.07. The molecule has 70 valence electrons. The van der Waals surface area contributed by atoms with E-state index in [4.69, 9.17) is 17.3 Å². The fourth-order valence-electron chi connectivity index (χ4n) is 1.71. The van der Waals surface area contributed by atoms with Crippen LogP contribution in [0.15, 0.2) is 24.3 Å². The maximum Gasteiger partial charge on any atom is 0.0639 e. The summed E-state index contributed by atoms with van der Waals surface area (Å²) in [6.07, 6.45) is 1.06. The lowest BCUT2D eigenvalue weighted by Crippen LogP contribution is -2.26. The zero-order valence-electron chi connectivity index (χ0n) is 7.41. The Balaban J connectivity index is 2.21. The zero-order valence-corrected chi connectivity index (χ0v) is 8.17. The Morgan fingerprint density at radius 2 is 2.15 bits per heavy atom. The first kappa shape index (κ1) is 8.85. The molecule has 1 atom stereocenters. The predicted octanol–water partition coefficient (Wildman–Crippen LogP) is 1.88. The van der Waals surface area contributed by atoms with Gasteiger partial charge in [-0.3, -0.25) is 0 Å². The van der Waals surface area contributed by atoms with Crippen LogP contribution in [0.3, 0.4) is 0 Å². The summed E-state index contributed by atoms with van der Waals surface area (Å²) in [7, 11) is 0. The molecular weight excluding hydrogens is 184 g/mol. The molecule has 1 aromatic rings. The number of nitrogens with zero attached hydrogens (tertiary/aromatic N) is 1. The highest BCUT2D eigenvalue weighted by atomic mass is 35.5. The van der Waals surface area contributed by atoms with Crippen LogP contribution in [0, 0.1) is 0 Å². The normalized spacial score (nSPS) is 22.3. The van der Waals surface area contributed by atoms with Crippen LogP contribution >= 0.6 is 11.6 Å². The van der Waals surface area contributed by atoms with Crippen molar-refractivity contribution in [2.45, 2.75) is 12.5 Å². The lowest BCUT2D eigenvalue weighted by molar-refractivity contribution is 0.752. The van der Waals surface area contributed by atoms with Crippen LogP contribution in [-0.4, -0.2) is 19.1 Å². The van der Waals surface area contributed by atoms with Crippen molar-refractivity contribution < 1.29 is 0 Å². The molecule has 0 unspecified atom stereocenters. The van der Waals surface area contributed by atoms with E-state index in [1.165, 1.54) is 0 Å². The number of nitrogens with two attached hydrogens (primary N) is 1. The molecule has 13 heavy (non-hydrogen) atoms. The number of hydrogen-bond donors (Lipinski definition) is 1. The first-order chi connectivity index (χ1) is 6.27. The molecule has 0 saturated carbocycles. The molecule has 0 bridgehead atoms. The van der Waals surface area contributed by atoms with Crippen molar-refractivity contribution in [3.8, 4) is 0 Å². The monoisotopic (exact) mass is 196 g/mol. The summed E-state index contributed by atoms with van der Waals surface area (Å²) in [5.41, 5.74) is 6.94. The lowest BCUT2D eigenvalue weighted by Gasteiger charge is -2.19. The van der Waals surface area contributed by atoms with Gasteiger partial charge in [0.15, 0.2) is 0 Å². The molecule has 2 rings (SSSR count). The molecule has 1 saturated heterocycles. The minimum absolute atomic E-state index is 0.302. The molecule has 0 radical (unpaired) electrons. The van der Waals surface area contributed by atoms with E-state index < -0.39 is 0 Å². The minimum Gasteiger partial charge on any atom is -0.369 e. The van der Waals surface area contributed by atoms with Crippen molar-refractivity contribution in [2.75, 3.05) is 18.0 Å². The van der Waals surface area contributed by atoms with Crippen molar-refractivity contribution in [3.05, 3.63) is 29.3 Å². The minimum atomic E-state index is 0.302. The summed E-state index contributed by atoms with van der Waals surface area (Å²) in [5.74, 6) is 0. The van der Waals surface area contributed by atoms with E-state index in [2.05, 4.69) is 4.90 Å². The van der Waals surface area contributed by atoms with Gasteiger partial charge in [0.25, 0.3) is 0 Å². The van der Waals surface area contributed by atoms with Gasteiger partial charge in [0.2, 0.25) is 0 Å². The molecule has 0 amide bonds. The van der Waals surface area contributed by atoms with Crippen molar-refractivity contribution in [2.24, 2.45) is 5.73 Å². The third-order valence-electron chi connectivity index (χ3n) is 2.42. The van der Waals surface area contributed by atoms with E-state index in [0.29, 0.717) is 6.04 Å². The van der Waals surface area contributed by atoms with Gasteiger partial charge in [-0.25, -0.2) is 0 Å². The summed E-state index contributed by atoms with van der Waals surface area (Å²) < 4.78 is 0. The van der Waals surface area contributed by atoms with Crippen molar-refractivity contribution >= 4 is 17.3 Å². The van der Waals surface area contributed by atoms with Gasteiger partial charge >= 0.3 is 0 Å². The molecule has 1 aliphatic rings. The number of para-hydroxylation sites is 1. The van der Waals surface area contributed by atoms with Gasteiger partial charge in [0.1, 0.15) is 0 Å². The smallest absolute Gasteiger partial charge is 0.0639 e. The van der Waals surface area contributed by atoms with E-state index in [0.717, 1.165) is 30.2 Å². The van der Waals surface area contributed by atoms with Crippen LogP contribution in [-0.2, 0) is 0 Å². The Kier molecular flexibility index (Phi) is 2.42. The number of hydrogen-bond acceptors (Lipinski definition) is 2. The Bertz CT molecular complexity index is 301. The van der Waals surface area contributed by atoms with Crippen molar-refractivity contribution in [1.29, 1.82) is 0 Å². The Morgan fingerprint density at radius 3 is 2.77 bits per heavy atom. The molecule has 0 aromatic heterocycles. The SMILES string of the molecule is N[C@H]1CCN(c2ccccc2Cl)C1. The second-order valence-corrected chi connectivity index (χ2v) is 3.85. The summed E-state index contributed by atoms with van der Waals surface area (Å²) in [6.45, 7) is 1.94. The van der Waals surface area contributed by atoms with Crippen LogP contribution in [0.5, 0.6) is 0 Å². The van der Waals surface area contributed by atoms with Gasteiger partial charge in [0, 0.05) is 19.1 Å². The molecule has 1 fully saturated rings. The largest absolute Gasteiger partial charge is 0.369 e. The van der Waals surface area contributed by atoms with Crippen LogP contribution in [0.1, 0.15) is 6.42 Å². The third-order valence-corrected chi connectivity index (χ3v) is 2.74. The lowest BCUT2D eigenvalue weighted by atomic mass is 10.3. The molecule has 0 aliphatic carbocycles. The molecule has 0 spiro atoms. The molecule has 1 heterocycles. The molecule has 1 aliphatic heterocycles. The fraction of sp³-hybridized carbons (Fsp3) is 0.400. The Morgan fingerprint density at radius 1 is 1.38 bits per heavy atom. The predicted molar refractivity (Wildman–Crippen MR) is 56.3 cm³/mol. The third kappa shape index (κ3) is 1.79. The zero-order chi connectivity index (χ0) is 9.26. The quantitative estimate of drug-likeness (QED) is 0.743. The van der Waals surface area contributed by atoms with Gasteiger partial charge in [-0.1, -0.05) is 23.7 Å². The summed E-state index contributed by atoms with van der Waals surface area (Å²) in [6, 6.07) is 8.21. The number of anilines is 1. The van der Waals surface area contributed by atoms with Gasteiger partial charge < -0.3 is 10.6 Å². The first-order valence-corrected chi connectivity index (χ1v) is 4.90. The van der Waals surface area contributed by atoms with Gasteiger partial charge in [-0.05, 0) is 18.6 Å². The summed E-state index contributed by atoms with van der Waals surface area (Å²) in [4.78, 5) is 2.24. The number of benzene rings is 1. The standard InChI is InChI=1S/C10H13ClN2/c11-9-3-1-2-4-10(9)13-6-5-8(12)7-13/h1-4,8H,5-7,12H2/t8-/m0/s1. The van der Waals surface area contributed by atoms with E-state index in [-0.39, 0.29) is 0 Å². The highest BCUT2D eigenvalue weighted by Crippen LogP contribution is 2.27. The molecule has 2 nitrogen and oxygen atoms in total. The van der Waals surface area contributed by atoms with E-state index in [1.807, 2.05) is 24.3 Å². The number of rotatable bonds is 1. The van der Waals surface area contributed by atoms with Gasteiger partial charge in [-0.15, -0.1) is 0 Å². The molecular formula is C10H13ClN2. The first-order valence-electron chi connectivity index (χ1n) is 4.52. The van der Waals surface area contributed by atoms with Crippen molar-refractivity contribution in [3.63, 3.8) is 0 Å². The maximum absolute atomic E-state index is 6.07. The second-order valence-electron chi connectivity index (χ2n) is 3.45. The molecule has 3 heteroatoms. The molecule has 1 aromatic carbocycles. The highest BCUT2D eigenvalue weighted by molar-refractivity contribution is 6.33. The molecule has 2 N–H and O–H groups in total. The van der Waals surface area contributed by atoms with Gasteiger partial charge in [-0.2, -0.15) is 0 Å². The van der Waals surface area contributed by atoms with E-state index >= 15 is 0 Å². The second kappa shape index (κ2) is 3.56. The fourth-order valence-corrected chi connectivity index (χ4v) is 1.97. The topological polar surface area (TPSA) is 29.3 Å². The number of halogens is 1. The van der Waals surface area contributed by atoms with E-state index in [1.54, 1.807) is 0 Å². The highest BCUT2D eigenvalue weighted by Gasteiger charge is 2.20. The van der Waals surface area contributed by atoms with Crippen LogP contribution in [0.25, 0.3) is 0 Å². The van der Waals surface area contributed by atoms with Crippen molar-refractivity contribution in [1.82, 2.24) is 0 Å². The average molecular weight is 197 g/mol. The average Bonchev–Trinajstić information content (AvgIpc) is 2.53. The van der Waals surface area contributed by atoms with Crippen LogP contribution in [0.2, 0.25) is 5.02 Å². The summed E-state index contributed by atoms with van der Waals surface area (Å²) in [5, 5.41) is 0.816.